The standard InChI is InChI=1S/C18H15N5O2/c24-15-10-11-23(14-9-5-4-8-13(14)19-15)18(25)17-16(20-22-21-17)12-6-2-1-3-7-12/h1-9H,10-11H2,(H,19,24)(H,20,21,22). The minimum absolute atomic E-state index is 0.119. The van der Waals surface area contributed by atoms with Gasteiger partial charge in [-0.3, -0.25) is 9.59 Å². The van der Waals surface area contributed by atoms with Crippen LogP contribution in [-0.2, 0) is 4.79 Å². The number of nitrogens with zero attached hydrogens (tertiary/aromatic N) is 3. The number of nitrogens with one attached hydrogen (secondary N) is 2. The summed E-state index contributed by atoms with van der Waals surface area (Å²) in [5.74, 6) is -0.414. The van der Waals surface area contributed by atoms with Crippen LogP contribution in [0.2, 0.25) is 0 Å². The predicted octanol–water partition coefficient (Wildman–Crippen LogP) is 2.46. The van der Waals surface area contributed by atoms with Crippen molar-refractivity contribution in [3.05, 3.63) is 60.3 Å². The van der Waals surface area contributed by atoms with Crippen molar-refractivity contribution in [1.29, 1.82) is 0 Å². The second-order valence-electron chi connectivity index (χ2n) is 5.66. The molecule has 7 heteroatoms. The Morgan fingerprint density at radius 2 is 1.76 bits per heavy atom. The van der Waals surface area contributed by atoms with Gasteiger partial charge in [0.15, 0.2) is 5.69 Å². The molecule has 1 aliphatic heterocycles. The summed E-state index contributed by atoms with van der Waals surface area (Å²) in [6, 6.07) is 16.6. The first-order valence-corrected chi connectivity index (χ1v) is 7.91. The van der Waals surface area contributed by atoms with Gasteiger partial charge in [-0.15, -0.1) is 0 Å². The molecule has 0 saturated heterocycles. The molecule has 0 spiro atoms. The van der Waals surface area contributed by atoms with E-state index in [9.17, 15) is 9.59 Å². The predicted molar refractivity (Wildman–Crippen MR) is 93.2 cm³/mol. The SMILES string of the molecule is O=C1CCN(C(=O)c2n[nH]nc2-c2ccccc2)c2ccccc2N1. The summed E-state index contributed by atoms with van der Waals surface area (Å²) in [6.45, 7) is 0.281. The molecule has 0 aliphatic carbocycles. The minimum atomic E-state index is -0.295. The summed E-state index contributed by atoms with van der Waals surface area (Å²) in [6.07, 6.45) is 0.221. The van der Waals surface area contributed by atoms with Gasteiger partial charge in [0.1, 0.15) is 5.69 Å². The van der Waals surface area contributed by atoms with Gasteiger partial charge in [0.2, 0.25) is 5.91 Å². The lowest BCUT2D eigenvalue weighted by atomic mass is 10.1. The van der Waals surface area contributed by atoms with E-state index in [4.69, 9.17) is 0 Å². The lowest BCUT2D eigenvalue weighted by Gasteiger charge is -2.21. The normalized spacial score (nSPS) is 13.8. The molecule has 1 aromatic heterocycles. The Balaban J connectivity index is 1.75. The van der Waals surface area contributed by atoms with Crippen LogP contribution >= 0.6 is 0 Å². The van der Waals surface area contributed by atoms with Gasteiger partial charge in [-0.25, -0.2) is 0 Å². The second kappa shape index (κ2) is 6.20. The Hall–Kier alpha value is -3.48. The number of carbonyl (C=O) groups is 2. The van der Waals surface area contributed by atoms with Crippen molar-refractivity contribution in [3.63, 3.8) is 0 Å². The molecule has 0 radical (unpaired) electrons. The van der Waals surface area contributed by atoms with E-state index in [1.165, 1.54) is 0 Å². The van der Waals surface area contributed by atoms with Crippen LogP contribution in [0.4, 0.5) is 11.4 Å². The van der Waals surface area contributed by atoms with Gasteiger partial charge in [0, 0.05) is 18.5 Å². The highest BCUT2D eigenvalue weighted by molar-refractivity contribution is 6.11. The number of hydrogen-bond acceptors (Lipinski definition) is 4. The number of rotatable bonds is 2. The first-order valence-electron chi connectivity index (χ1n) is 7.91. The summed E-state index contributed by atoms with van der Waals surface area (Å²) >= 11 is 0. The molecule has 3 aromatic rings. The van der Waals surface area contributed by atoms with Gasteiger partial charge in [-0.2, -0.15) is 15.4 Å². The lowest BCUT2D eigenvalue weighted by molar-refractivity contribution is -0.115. The molecular formula is C18H15N5O2. The van der Waals surface area contributed by atoms with Crippen LogP contribution in [0.5, 0.6) is 0 Å². The summed E-state index contributed by atoms with van der Waals surface area (Å²) in [7, 11) is 0. The molecule has 0 saturated carbocycles. The molecule has 25 heavy (non-hydrogen) atoms. The third-order valence-electron chi connectivity index (χ3n) is 4.07. The van der Waals surface area contributed by atoms with E-state index in [0.29, 0.717) is 17.1 Å². The highest BCUT2D eigenvalue weighted by Crippen LogP contribution is 2.30. The number of H-pyrrole nitrogens is 1. The number of benzene rings is 2. The Morgan fingerprint density at radius 1 is 1.00 bits per heavy atom. The summed E-state index contributed by atoms with van der Waals surface area (Å²) in [5, 5.41) is 13.5. The van der Waals surface area contributed by atoms with Gasteiger partial charge >= 0.3 is 0 Å². The first-order chi connectivity index (χ1) is 12.2. The third kappa shape index (κ3) is 2.76. The van der Waals surface area contributed by atoms with E-state index >= 15 is 0 Å². The van der Waals surface area contributed by atoms with Crippen LogP contribution in [-0.4, -0.2) is 33.8 Å². The molecule has 1 aliphatic rings. The molecule has 2 heterocycles. The number of carbonyl (C=O) groups excluding carboxylic acids is 2. The maximum Gasteiger partial charge on any atom is 0.281 e. The molecule has 4 rings (SSSR count). The van der Waals surface area contributed by atoms with Crippen LogP contribution in [0, 0.1) is 0 Å². The molecule has 0 atom stereocenters. The highest BCUT2D eigenvalue weighted by atomic mass is 16.2. The average Bonchev–Trinajstić information content (AvgIpc) is 3.07. The number of anilines is 2. The van der Waals surface area contributed by atoms with Crippen molar-refractivity contribution in [3.8, 4) is 11.3 Å². The Kier molecular flexibility index (Phi) is 3.74. The monoisotopic (exact) mass is 333 g/mol. The molecule has 2 aromatic carbocycles. The quantitative estimate of drug-likeness (QED) is 0.754. The van der Waals surface area contributed by atoms with Crippen LogP contribution < -0.4 is 10.2 Å². The summed E-state index contributed by atoms with van der Waals surface area (Å²) in [4.78, 5) is 26.6. The molecule has 2 amide bonds. The Bertz CT molecular complexity index is 935. The fourth-order valence-electron chi connectivity index (χ4n) is 2.88. The third-order valence-corrected chi connectivity index (χ3v) is 4.07. The number of aromatic nitrogens is 3. The van der Waals surface area contributed by atoms with Crippen molar-refractivity contribution < 1.29 is 9.59 Å². The largest absolute Gasteiger partial charge is 0.324 e. The fraction of sp³-hybridized carbons (Fsp3) is 0.111. The number of para-hydroxylation sites is 2. The molecule has 7 nitrogen and oxygen atoms in total. The van der Waals surface area contributed by atoms with Gasteiger partial charge in [0.25, 0.3) is 5.91 Å². The van der Waals surface area contributed by atoms with E-state index in [0.717, 1.165) is 5.56 Å². The van der Waals surface area contributed by atoms with Crippen LogP contribution in [0.25, 0.3) is 11.3 Å². The summed E-state index contributed by atoms with van der Waals surface area (Å²) < 4.78 is 0. The van der Waals surface area contributed by atoms with Crippen molar-refractivity contribution in [1.82, 2.24) is 15.4 Å². The van der Waals surface area contributed by atoms with E-state index in [1.807, 2.05) is 42.5 Å². The van der Waals surface area contributed by atoms with Gasteiger partial charge in [0.05, 0.1) is 11.4 Å². The number of hydrogen-bond donors (Lipinski definition) is 2. The van der Waals surface area contributed by atoms with E-state index in [1.54, 1.807) is 17.0 Å². The van der Waals surface area contributed by atoms with Gasteiger partial charge in [-0.05, 0) is 12.1 Å². The molecular weight excluding hydrogens is 318 g/mol. The topological polar surface area (TPSA) is 91.0 Å². The first kappa shape index (κ1) is 15.1. The van der Waals surface area contributed by atoms with E-state index < -0.39 is 0 Å². The smallest absolute Gasteiger partial charge is 0.281 e. The zero-order valence-electron chi connectivity index (χ0n) is 13.3. The maximum atomic E-state index is 13.1. The van der Waals surface area contributed by atoms with Crippen LogP contribution in [0.3, 0.4) is 0 Å². The summed E-state index contributed by atoms with van der Waals surface area (Å²) in [5.41, 5.74) is 2.79. The number of aromatic amines is 1. The number of amides is 2. The second-order valence-corrected chi connectivity index (χ2v) is 5.66. The van der Waals surface area contributed by atoms with E-state index in [-0.39, 0.29) is 30.5 Å². The average molecular weight is 333 g/mol. The maximum absolute atomic E-state index is 13.1. The van der Waals surface area contributed by atoms with Crippen molar-refractivity contribution in [2.75, 3.05) is 16.8 Å². The van der Waals surface area contributed by atoms with E-state index in [2.05, 4.69) is 20.7 Å². The zero-order chi connectivity index (χ0) is 17.2. The Labute approximate surface area is 143 Å². The molecule has 124 valence electrons. The lowest BCUT2D eigenvalue weighted by Crippen LogP contribution is -2.32. The van der Waals surface area contributed by atoms with Crippen LogP contribution in [0.15, 0.2) is 54.6 Å². The van der Waals surface area contributed by atoms with Gasteiger partial charge in [-0.1, -0.05) is 42.5 Å². The Morgan fingerprint density at radius 3 is 2.60 bits per heavy atom. The van der Waals surface area contributed by atoms with Crippen molar-refractivity contribution >= 4 is 23.2 Å². The fourth-order valence-corrected chi connectivity index (χ4v) is 2.88. The number of fused-ring (bicyclic) bond motifs is 1. The minimum Gasteiger partial charge on any atom is -0.324 e. The van der Waals surface area contributed by atoms with Crippen molar-refractivity contribution in [2.24, 2.45) is 0 Å². The van der Waals surface area contributed by atoms with Gasteiger partial charge < -0.3 is 10.2 Å². The molecule has 2 N–H and O–H groups in total. The molecule has 0 bridgehead atoms. The zero-order valence-corrected chi connectivity index (χ0v) is 13.3. The molecule has 0 unspecified atom stereocenters. The highest BCUT2D eigenvalue weighted by Gasteiger charge is 2.28. The molecule has 0 fully saturated rings. The van der Waals surface area contributed by atoms with Crippen molar-refractivity contribution in [2.45, 2.75) is 6.42 Å². The van der Waals surface area contributed by atoms with Crippen LogP contribution in [0.1, 0.15) is 16.9 Å².